The molecule has 2 heteroatoms. The van der Waals surface area contributed by atoms with Gasteiger partial charge >= 0.3 is 0 Å². The van der Waals surface area contributed by atoms with Crippen molar-refractivity contribution in [3.8, 4) is 0 Å². The Bertz CT molecular complexity index is 464. The van der Waals surface area contributed by atoms with Crippen LogP contribution in [0.15, 0.2) is 23.0 Å². The topological polar surface area (TPSA) is 25.2 Å². The van der Waals surface area contributed by atoms with E-state index in [1.165, 1.54) is 44.1 Å². The molecule has 0 saturated heterocycles. The molecule has 4 aliphatic carbocycles. The molecule has 0 spiro atoms. The van der Waals surface area contributed by atoms with E-state index in [4.69, 9.17) is 4.42 Å². The van der Waals surface area contributed by atoms with E-state index >= 15 is 0 Å². The SMILES string of the molecule is CNC(Cc1ccoc1)C12CC3CC(CC(C)(C3)C1)C2. The maximum absolute atomic E-state index is 5.27. The van der Waals surface area contributed by atoms with Gasteiger partial charge in [-0.3, -0.25) is 0 Å². The average molecular weight is 273 g/mol. The lowest BCUT2D eigenvalue weighted by molar-refractivity contribution is -0.117. The van der Waals surface area contributed by atoms with Crippen LogP contribution >= 0.6 is 0 Å². The van der Waals surface area contributed by atoms with Crippen molar-refractivity contribution in [1.29, 1.82) is 0 Å². The highest BCUT2D eigenvalue weighted by molar-refractivity contribution is 5.14. The summed E-state index contributed by atoms with van der Waals surface area (Å²) in [6, 6.07) is 2.75. The third-order valence-electron chi connectivity index (χ3n) is 6.51. The number of furan rings is 1. The number of likely N-dealkylation sites (N-methyl/N-ethyl adjacent to an activating group) is 1. The van der Waals surface area contributed by atoms with Crippen molar-refractivity contribution in [1.82, 2.24) is 5.32 Å². The van der Waals surface area contributed by atoms with Gasteiger partial charge in [0.1, 0.15) is 0 Å². The van der Waals surface area contributed by atoms with Crippen molar-refractivity contribution in [3.63, 3.8) is 0 Å². The summed E-state index contributed by atoms with van der Waals surface area (Å²) in [7, 11) is 2.16. The second-order valence-corrected chi connectivity index (χ2v) is 8.31. The van der Waals surface area contributed by atoms with Gasteiger partial charge in [0, 0.05) is 6.04 Å². The van der Waals surface area contributed by atoms with Gasteiger partial charge in [-0.2, -0.15) is 0 Å². The summed E-state index contributed by atoms with van der Waals surface area (Å²) < 4.78 is 5.27. The van der Waals surface area contributed by atoms with Gasteiger partial charge in [0.25, 0.3) is 0 Å². The summed E-state index contributed by atoms with van der Waals surface area (Å²) in [5.41, 5.74) is 2.53. The van der Waals surface area contributed by atoms with Gasteiger partial charge in [-0.1, -0.05) is 6.92 Å². The van der Waals surface area contributed by atoms with Crippen molar-refractivity contribution >= 4 is 0 Å². The number of rotatable bonds is 4. The maximum atomic E-state index is 5.27. The lowest BCUT2D eigenvalue weighted by Gasteiger charge is -2.63. The molecule has 0 aromatic carbocycles. The zero-order chi connectivity index (χ0) is 13.8. The van der Waals surface area contributed by atoms with Gasteiger partial charge in [-0.05, 0) is 86.3 Å². The fourth-order valence-corrected chi connectivity index (χ4v) is 6.48. The molecule has 4 fully saturated rings. The Kier molecular flexibility index (Phi) is 2.82. The summed E-state index contributed by atoms with van der Waals surface area (Å²) in [5, 5.41) is 3.67. The van der Waals surface area contributed by atoms with Crippen molar-refractivity contribution in [2.45, 2.75) is 57.9 Å². The van der Waals surface area contributed by atoms with Gasteiger partial charge in [0.15, 0.2) is 0 Å². The van der Waals surface area contributed by atoms with Crippen LogP contribution in [0.2, 0.25) is 0 Å². The standard InChI is InChI=1S/C18H27NO/c1-17-7-14-5-15(8-17)10-18(9-14,12-17)16(19-2)6-13-3-4-20-11-13/h3-4,11,14-16,19H,5-10,12H2,1-2H3. The first kappa shape index (κ1) is 12.9. The second kappa shape index (κ2) is 4.37. The Morgan fingerprint density at radius 1 is 1.30 bits per heavy atom. The van der Waals surface area contributed by atoms with Crippen LogP contribution in [0, 0.1) is 22.7 Å². The monoisotopic (exact) mass is 273 g/mol. The first-order valence-corrected chi connectivity index (χ1v) is 8.29. The Morgan fingerprint density at radius 3 is 2.60 bits per heavy atom. The molecule has 4 aliphatic rings. The number of hydrogen-bond acceptors (Lipinski definition) is 2. The molecule has 0 amide bonds. The third kappa shape index (κ3) is 1.95. The first-order valence-electron chi connectivity index (χ1n) is 8.29. The normalized spacial score (nSPS) is 43.9. The van der Waals surface area contributed by atoms with Crippen molar-refractivity contribution < 1.29 is 4.42 Å². The van der Waals surface area contributed by atoms with Crippen LogP contribution in [0.25, 0.3) is 0 Å². The largest absolute Gasteiger partial charge is 0.472 e. The van der Waals surface area contributed by atoms with Crippen LogP contribution in [0.3, 0.4) is 0 Å². The molecular weight excluding hydrogens is 246 g/mol. The van der Waals surface area contributed by atoms with E-state index in [-0.39, 0.29) is 0 Å². The van der Waals surface area contributed by atoms with Crippen LogP contribution < -0.4 is 5.32 Å². The lowest BCUT2D eigenvalue weighted by Crippen LogP contribution is -2.58. The van der Waals surface area contributed by atoms with Gasteiger partial charge in [0.2, 0.25) is 0 Å². The van der Waals surface area contributed by atoms with Gasteiger partial charge < -0.3 is 9.73 Å². The number of nitrogens with one attached hydrogen (secondary N) is 1. The predicted octanol–water partition coefficient (Wildman–Crippen LogP) is 4.02. The summed E-state index contributed by atoms with van der Waals surface area (Å²) in [5.74, 6) is 2.00. The molecule has 4 bridgehead atoms. The molecule has 2 nitrogen and oxygen atoms in total. The zero-order valence-corrected chi connectivity index (χ0v) is 12.8. The highest BCUT2D eigenvalue weighted by Crippen LogP contribution is 2.66. The van der Waals surface area contributed by atoms with Crippen LogP contribution in [-0.2, 0) is 6.42 Å². The minimum Gasteiger partial charge on any atom is -0.472 e. The zero-order valence-electron chi connectivity index (χ0n) is 12.8. The summed E-state index contributed by atoms with van der Waals surface area (Å²) >= 11 is 0. The molecule has 1 aromatic heterocycles. The molecule has 1 heterocycles. The van der Waals surface area contributed by atoms with E-state index < -0.39 is 0 Å². The highest BCUT2D eigenvalue weighted by Gasteiger charge is 2.57. The van der Waals surface area contributed by atoms with Crippen molar-refractivity contribution in [3.05, 3.63) is 24.2 Å². The lowest BCUT2D eigenvalue weighted by atomic mass is 9.43. The summed E-state index contributed by atoms with van der Waals surface area (Å²) in [6.45, 7) is 2.56. The fourth-order valence-electron chi connectivity index (χ4n) is 6.48. The fraction of sp³-hybridized carbons (Fsp3) is 0.778. The maximum Gasteiger partial charge on any atom is 0.0935 e. The van der Waals surface area contributed by atoms with Gasteiger partial charge in [-0.15, -0.1) is 0 Å². The Balaban J connectivity index is 1.62. The minimum atomic E-state index is 0.546. The highest BCUT2D eigenvalue weighted by atomic mass is 16.3. The first-order chi connectivity index (χ1) is 9.61. The Hall–Kier alpha value is -0.760. The molecule has 4 saturated carbocycles. The van der Waals surface area contributed by atoms with E-state index in [1.54, 1.807) is 0 Å². The van der Waals surface area contributed by atoms with Crippen LogP contribution in [0.1, 0.15) is 51.0 Å². The van der Waals surface area contributed by atoms with Gasteiger partial charge in [-0.25, -0.2) is 0 Å². The Labute approximate surface area is 122 Å². The summed E-state index contributed by atoms with van der Waals surface area (Å²) in [6.07, 6.45) is 13.7. The smallest absolute Gasteiger partial charge is 0.0935 e. The summed E-state index contributed by atoms with van der Waals surface area (Å²) in [4.78, 5) is 0. The second-order valence-electron chi connectivity index (χ2n) is 8.31. The molecule has 3 unspecified atom stereocenters. The van der Waals surface area contributed by atoms with Crippen LogP contribution in [-0.4, -0.2) is 13.1 Å². The minimum absolute atomic E-state index is 0.546. The quantitative estimate of drug-likeness (QED) is 0.896. The molecule has 5 rings (SSSR count). The number of hydrogen-bond donors (Lipinski definition) is 1. The molecule has 20 heavy (non-hydrogen) atoms. The molecule has 0 radical (unpaired) electrons. The average Bonchev–Trinajstić information content (AvgIpc) is 2.85. The molecule has 3 atom stereocenters. The van der Waals surface area contributed by atoms with Crippen molar-refractivity contribution in [2.75, 3.05) is 7.05 Å². The predicted molar refractivity (Wildman–Crippen MR) is 80.5 cm³/mol. The van der Waals surface area contributed by atoms with E-state index in [9.17, 15) is 0 Å². The molecular formula is C18H27NO. The third-order valence-corrected chi connectivity index (χ3v) is 6.51. The van der Waals surface area contributed by atoms with E-state index in [2.05, 4.69) is 25.4 Å². The van der Waals surface area contributed by atoms with Crippen LogP contribution in [0.5, 0.6) is 0 Å². The Morgan fingerprint density at radius 2 is 2.05 bits per heavy atom. The van der Waals surface area contributed by atoms with Gasteiger partial charge in [0.05, 0.1) is 12.5 Å². The molecule has 1 N–H and O–H groups in total. The van der Waals surface area contributed by atoms with E-state index in [1.807, 2.05) is 12.5 Å². The molecule has 110 valence electrons. The molecule has 1 aromatic rings. The molecule has 0 aliphatic heterocycles. The van der Waals surface area contributed by atoms with Crippen LogP contribution in [0.4, 0.5) is 0 Å². The van der Waals surface area contributed by atoms with Crippen molar-refractivity contribution in [2.24, 2.45) is 22.7 Å². The van der Waals surface area contributed by atoms with E-state index in [0.717, 1.165) is 18.3 Å². The van der Waals surface area contributed by atoms with E-state index in [0.29, 0.717) is 16.9 Å².